The summed E-state index contributed by atoms with van der Waals surface area (Å²) in [5.41, 5.74) is 6.30. The van der Waals surface area contributed by atoms with Crippen molar-refractivity contribution in [2.24, 2.45) is 0 Å². The lowest BCUT2D eigenvalue weighted by molar-refractivity contribution is -0.143. The Morgan fingerprint density at radius 1 is 0.628 bits per heavy atom. The summed E-state index contributed by atoms with van der Waals surface area (Å²) in [5.74, 6) is 1.63. The number of aliphatic hydroxyl groups excluding tert-OH is 1. The third kappa shape index (κ3) is 37.3. The number of hydrogen-bond donors (Lipinski definition) is 3. The second-order valence-electron chi connectivity index (χ2n) is 16.5. The average Bonchev–Trinajstić information content (AvgIpc) is 3.83. The van der Waals surface area contributed by atoms with Crippen LogP contribution in [0.15, 0.2) is 73.7 Å². The molecule has 0 aromatic heterocycles. The van der Waals surface area contributed by atoms with E-state index in [2.05, 4.69) is 25.3 Å². The highest BCUT2D eigenvalue weighted by molar-refractivity contribution is 8.15. The molecule has 0 radical (unpaired) electrons. The zero-order chi connectivity index (χ0) is 60.2. The summed E-state index contributed by atoms with van der Waals surface area (Å²) in [6.07, 6.45) is 2.63. The largest absolute Gasteiger partial charge is 0.392 e. The van der Waals surface area contributed by atoms with Gasteiger partial charge in [0.1, 0.15) is 12.6 Å². The van der Waals surface area contributed by atoms with E-state index in [9.17, 15) is 37.2 Å². The van der Waals surface area contributed by atoms with E-state index >= 15 is 0 Å². The van der Waals surface area contributed by atoms with Gasteiger partial charge in [0, 0.05) is 59.5 Å². The normalized spacial score (nSPS) is 15.1. The summed E-state index contributed by atoms with van der Waals surface area (Å²) in [6.45, 7) is 7.12. The van der Waals surface area contributed by atoms with Crippen LogP contribution in [0.3, 0.4) is 0 Å². The topological polar surface area (TPSA) is 203 Å². The van der Waals surface area contributed by atoms with E-state index in [1.54, 1.807) is 26.0 Å². The number of alkyl halides is 12. The number of ether oxygens (including phenoxy) is 4. The smallest absolute Gasteiger partial charge is 0.297 e. The van der Waals surface area contributed by atoms with Crippen molar-refractivity contribution in [1.29, 1.82) is 0 Å². The van der Waals surface area contributed by atoms with Crippen LogP contribution in [0, 0.1) is 6.92 Å². The van der Waals surface area contributed by atoms with Crippen LogP contribution in [0.2, 0.25) is 0 Å². The van der Waals surface area contributed by atoms with Gasteiger partial charge < -0.3 is 33.6 Å². The molecule has 1 aromatic rings. The van der Waals surface area contributed by atoms with Crippen molar-refractivity contribution in [2.75, 3.05) is 51.1 Å². The first kappa shape index (κ1) is 78.8. The molecule has 3 rings (SSSR count). The van der Waals surface area contributed by atoms with E-state index in [-0.39, 0.29) is 86.0 Å². The van der Waals surface area contributed by atoms with Gasteiger partial charge in [0.15, 0.2) is 12.6 Å². The quantitative estimate of drug-likeness (QED) is 0.0187. The average molecular weight is 1430 g/mol. The van der Waals surface area contributed by atoms with Gasteiger partial charge in [-0.1, -0.05) is 192 Å². The number of hydrogen-bond acceptors (Lipinski definition) is 16. The van der Waals surface area contributed by atoms with E-state index in [1.807, 2.05) is 20.8 Å². The fourth-order valence-electron chi connectivity index (χ4n) is 5.91. The molecule has 0 amide bonds. The van der Waals surface area contributed by atoms with Crippen LogP contribution in [-0.2, 0) is 62.0 Å². The Bertz CT molecular complexity index is 2300. The molecule has 1 aromatic carbocycles. The Morgan fingerprint density at radius 3 is 1.23 bits per heavy atom. The monoisotopic (exact) mass is 1430 g/mol. The lowest BCUT2D eigenvalue weighted by atomic mass is 10.1. The predicted molar refractivity (Wildman–Crippen MR) is 327 cm³/mol. The molecule has 0 fully saturated rings. The number of thioether (sulfide) groups is 2. The highest BCUT2D eigenvalue weighted by Crippen LogP contribution is 2.33. The number of rotatable bonds is 27. The van der Waals surface area contributed by atoms with Crippen LogP contribution in [0.25, 0.3) is 0 Å². The fourth-order valence-corrected chi connectivity index (χ4v) is 10.2. The molecule has 78 heavy (non-hydrogen) atoms. The van der Waals surface area contributed by atoms with E-state index < -0.39 is 48.1 Å². The van der Waals surface area contributed by atoms with E-state index in [4.69, 9.17) is 167 Å². The number of halogens is 12. The Labute approximate surface area is 535 Å². The molecule has 0 bridgehead atoms. The number of benzene rings is 1. The summed E-state index contributed by atoms with van der Waals surface area (Å²) < 4.78 is 44.7. The fraction of sp³-hybridized carbons (Fsp3) is 0.574. The van der Waals surface area contributed by atoms with Gasteiger partial charge in [-0.3, -0.25) is 23.4 Å². The number of thiol groups is 2. The highest BCUT2D eigenvalue weighted by atomic mass is 35.6. The van der Waals surface area contributed by atoms with Crippen molar-refractivity contribution in [3.8, 4) is 0 Å². The number of aliphatic hydroxyl groups is 1. The first-order chi connectivity index (χ1) is 35.9. The Balaban J connectivity index is 0.00000113. The van der Waals surface area contributed by atoms with Gasteiger partial charge in [0.2, 0.25) is 35.6 Å². The Hall–Kier alpha value is 0.790. The zero-order valence-corrected chi connectivity index (χ0v) is 55.7. The predicted octanol–water partition coefficient (Wildman–Crippen LogP) is 14.1. The molecule has 1 N–H and O–H groups in total. The molecule has 0 atom stereocenters. The first-order valence-electron chi connectivity index (χ1n) is 22.6. The minimum absolute atomic E-state index is 0.0000668. The third-order valence-corrected chi connectivity index (χ3v) is 15.2. The number of aldehydes is 2. The van der Waals surface area contributed by atoms with Gasteiger partial charge in [-0.05, 0) is 83.6 Å². The maximum Gasteiger partial charge on any atom is 0.297 e. The molecule has 31 heteroatoms. The Morgan fingerprint density at radius 2 is 0.962 bits per heavy atom. The summed E-state index contributed by atoms with van der Waals surface area (Å²) in [5, 5.41) is 8.40. The van der Waals surface area contributed by atoms with Gasteiger partial charge in [-0.25, -0.2) is 0 Å². The molecule has 0 unspecified atom stereocenters. The van der Waals surface area contributed by atoms with Crippen molar-refractivity contribution in [3.05, 3.63) is 74.4 Å². The maximum atomic E-state index is 12.4. The molecular formula is C47H58Cl12O14S5. The second kappa shape index (κ2) is 39.5. The van der Waals surface area contributed by atoms with Gasteiger partial charge in [0.25, 0.3) is 10.1 Å². The summed E-state index contributed by atoms with van der Waals surface area (Å²) in [4.78, 5) is 65.8. The second-order valence-corrected chi connectivity index (χ2v) is 30.9. The SMILES string of the molecule is C/C(CO)=C(\CCC(OCC(Cl)(Cl)Cl)OCC(Cl)(Cl)Cl)C(=O)S.C/C(COS(=O)(=O)c1ccc(C)cc1)=C(\CCC(OCC(Cl)(Cl)Cl)OCC(Cl)(Cl)Cl)C(=O)S.CC1=C(CCC=O)C(=O)SC1.CC1=C(CCC=O)C(=O)SC1. The zero-order valence-electron chi connectivity index (χ0n) is 42.3. The van der Waals surface area contributed by atoms with Crippen molar-refractivity contribution < 1.29 is 65.4 Å². The minimum atomic E-state index is -4.02. The van der Waals surface area contributed by atoms with Crippen LogP contribution in [0.5, 0.6) is 0 Å². The molecule has 0 saturated heterocycles. The third-order valence-electron chi connectivity index (χ3n) is 9.90. The first-order valence-corrected chi connectivity index (χ1v) is 31.4. The van der Waals surface area contributed by atoms with Crippen LogP contribution < -0.4 is 0 Å². The minimum Gasteiger partial charge on any atom is -0.392 e. The van der Waals surface area contributed by atoms with E-state index in [1.165, 1.54) is 35.7 Å². The van der Waals surface area contributed by atoms with Gasteiger partial charge in [0.05, 0.1) is 44.5 Å². The molecular weight excluding hydrogens is 1370 g/mol. The van der Waals surface area contributed by atoms with Crippen molar-refractivity contribution in [2.45, 2.75) is 119 Å². The van der Waals surface area contributed by atoms with Crippen molar-refractivity contribution >= 4 is 231 Å². The summed E-state index contributed by atoms with van der Waals surface area (Å²) >= 11 is 78.2. The van der Waals surface area contributed by atoms with Crippen molar-refractivity contribution in [3.63, 3.8) is 0 Å². The molecule has 2 aliphatic heterocycles. The van der Waals surface area contributed by atoms with Gasteiger partial charge >= 0.3 is 0 Å². The summed E-state index contributed by atoms with van der Waals surface area (Å²) in [6, 6.07) is 6.16. The van der Waals surface area contributed by atoms with Crippen LogP contribution in [-0.4, -0.2) is 125 Å². The van der Waals surface area contributed by atoms with Gasteiger partial charge in [-0.2, -0.15) is 8.42 Å². The standard InChI is InChI=1S/C19H22Cl6O6S2.C12H16Cl6O4S.2C8H10O2S/c1-12-3-5-14(6-4-12)33(27,28)31-9-13(2)15(17(26)32)7-8-16(29-10-18(20,21)22)30-11-19(23,24)25;1-7(4-19)8(10(20)23)2-3-9(21-5-11(13,14)15)22-6-12(16,17)18;2*1-6-5-11-8(10)7(6)3-2-4-9/h3-6,16H,7-11H2,1-2H3,(H,26,32);9,19H,2-6H2,1H3,(H,20,23);2*4H,2-3,5H2,1H3/b15-13-;8-7-;;. The number of carbonyl (C=O) groups is 6. The lowest BCUT2D eigenvalue weighted by Crippen LogP contribution is -2.27. The molecule has 2 heterocycles. The molecule has 444 valence electrons. The Kier molecular flexibility index (Phi) is 39.9. The molecule has 0 spiro atoms. The van der Waals surface area contributed by atoms with E-state index in [0.29, 0.717) is 42.4 Å². The van der Waals surface area contributed by atoms with Crippen LogP contribution in [0.1, 0.15) is 84.6 Å². The number of carbonyl (C=O) groups excluding carboxylic acids is 6. The van der Waals surface area contributed by atoms with Crippen LogP contribution in [0.4, 0.5) is 0 Å². The van der Waals surface area contributed by atoms with Crippen molar-refractivity contribution in [1.82, 2.24) is 0 Å². The van der Waals surface area contributed by atoms with E-state index in [0.717, 1.165) is 51.9 Å². The molecule has 0 aliphatic carbocycles. The van der Waals surface area contributed by atoms with Gasteiger partial charge in [-0.15, -0.1) is 25.3 Å². The molecule has 0 saturated carbocycles. The highest BCUT2D eigenvalue weighted by Gasteiger charge is 2.29. The molecule has 2 aliphatic rings. The molecule has 14 nitrogen and oxygen atoms in total. The lowest BCUT2D eigenvalue weighted by Gasteiger charge is -2.23. The summed E-state index contributed by atoms with van der Waals surface area (Å²) in [7, 11) is -4.02. The van der Waals surface area contributed by atoms with Crippen LogP contribution >= 0.6 is 188 Å². The number of aryl methyl sites for hydroxylation is 1. The maximum absolute atomic E-state index is 12.4.